The van der Waals surface area contributed by atoms with Gasteiger partial charge in [0.2, 0.25) is 35.6 Å². The standard InChI is InChI=1S/C28H32Cl2N6O5.C27H27Cl2N7O4.C26H26Cl2F2N6O4/c1-6-21(37)32-17-12-41-13-18(17)34-27-31-11-15-9-16(22-23(29)19(38-3)10-20(39-4)24(22)30)33-26(25(15)35-27)36-8-7-28(2,14-36)40-5;1-4-21(37)32-17-12-40-13-18(17)34-27-31-10-15-7-16(22-23(28)19(38-2)8-20(39-3)24(22)29)33-26(25(15)35-27)36-6-5-14(9-30)11-36;1-4-19(37)32-15-10-40-11-16(15)34-25-31-9-13-7-14(20-21(27)17(38-2)8-18(39-3)22(20)28)33-24(23(13)35-25)36-6-5-26(29,30)12-36/h6,9-11,17-18H,1,7-8,12-14H2,2-5H3,(H,32,37)(H,31,34,35);4,7-8,10,14,17-18H,1,5-6,11-13H2,2-3H3,(H,32,37)(H,31,34,35);4,7-9,15-16H,1,5-6,10-12H2,2-3H3,(H,32,37)(H,31,34,35)/t17-,18+,28?;14?,17-,18+;15-,16+/m000/s1. The molecular weight excluding hydrogens is 1700 g/mol. The van der Waals surface area contributed by atoms with Crippen LogP contribution in [0.2, 0.25) is 30.1 Å². The number of pyridine rings is 3. The summed E-state index contributed by atoms with van der Waals surface area (Å²) in [4.78, 5) is 83.7. The van der Waals surface area contributed by atoms with Gasteiger partial charge in [0.25, 0.3) is 5.92 Å². The number of hydrogen-bond donors (Lipinski definition) is 6. The van der Waals surface area contributed by atoms with E-state index in [9.17, 15) is 28.4 Å². The summed E-state index contributed by atoms with van der Waals surface area (Å²) >= 11 is 40.2. The molecule has 8 atom stereocenters. The van der Waals surface area contributed by atoms with Crippen LogP contribution in [0.3, 0.4) is 0 Å². The van der Waals surface area contributed by atoms with Gasteiger partial charge in [0.15, 0.2) is 17.5 Å². The summed E-state index contributed by atoms with van der Waals surface area (Å²) in [5.41, 5.74) is 3.80. The highest BCUT2D eigenvalue weighted by Gasteiger charge is 2.42. The van der Waals surface area contributed by atoms with Gasteiger partial charge in [-0.15, -0.1) is 0 Å². The summed E-state index contributed by atoms with van der Waals surface area (Å²) in [5, 5.41) is 31.4. The Labute approximate surface area is 724 Å². The van der Waals surface area contributed by atoms with Gasteiger partial charge in [-0.3, -0.25) is 14.4 Å². The Morgan fingerprint density at radius 2 is 0.785 bits per heavy atom. The predicted molar refractivity (Wildman–Crippen MR) is 459 cm³/mol. The molecule has 40 heteroatoms. The van der Waals surface area contributed by atoms with E-state index < -0.39 is 12.5 Å². The molecule has 6 aliphatic rings. The summed E-state index contributed by atoms with van der Waals surface area (Å²) in [6.07, 6.45) is 9.79. The maximum absolute atomic E-state index is 14.3. The first-order valence-corrected chi connectivity index (χ1v) is 40.2. The Morgan fingerprint density at radius 1 is 0.471 bits per heavy atom. The van der Waals surface area contributed by atoms with Crippen molar-refractivity contribution >= 4 is 155 Å². The lowest BCUT2D eigenvalue weighted by Gasteiger charge is -2.25. The zero-order chi connectivity index (χ0) is 86.3. The summed E-state index contributed by atoms with van der Waals surface area (Å²) in [5.74, 6) is 0.704. The Balaban J connectivity index is 0.000000157. The third-order valence-corrected chi connectivity index (χ3v) is 23.5. The Kier molecular flexibility index (Phi) is 27.8. The molecule has 32 nitrogen and oxygen atoms in total. The van der Waals surface area contributed by atoms with Gasteiger partial charge in [0.05, 0.1) is 190 Å². The van der Waals surface area contributed by atoms with Crippen molar-refractivity contribution < 1.29 is 70.5 Å². The third-order valence-electron chi connectivity index (χ3n) is 21.2. The molecular formula is C81H85Cl6F2N19O13. The van der Waals surface area contributed by atoms with Gasteiger partial charge in [-0.05, 0) is 56.2 Å². The SMILES string of the molecule is C=CC(=O)N[C@H]1COC[C@H]1Nc1ncc2cc(-c3c(Cl)c(OC)cc(OC)c3Cl)nc(N3CCC(C#N)C3)c2n1.C=CC(=O)N[C@H]1COC[C@H]1Nc1ncc2cc(-c3c(Cl)c(OC)cc(OC)c3Cl)nc(N3CCC(C)(OC)C3)c2n1.C=CC(=O)N[C@H]1COC[C@H]1Nc1ncc2cc(-c3c(Cl)c(OC)cc(OC)c3Cl)nc(N3CCC(F)(F)C3)c2n1. The van der Waals surface area contributed by atoms with E-state index >= 15 is 0 Å². The molecule has 3 aromatic carbocycles. The molecule has 6 aromatic heterocycles. The first kappa shape index (κ1) is 88.1. The molecule has 9 aromatic rings. The second kappa shape index (κ2) is 38.1. The zero-order valence-electron chi connectivity index (χ0n) is 66.8. The lowest BCUT2D eigenvalue weighted by molar-refractivity contribution is -0.118. The average molecular weight is 1780 g/mol. The van der Waals surface area contributed by atoms with Crippen molar-refractivity contribution in [1.29, 1.82) is 5.26 Å². The summed E-state index contributed by atoms with van der Waals surface area (Å²) in [7, 11) is 10.7. The summed E-state index contributed by atoms with van der Waals surface area (Å²) in [6, 6.07) is 10.8. The van der Waals surface area contributed by atoms with Gasteiger partial charge in [-0.25, -0.2) is 53.6 Å². The van der Waals surface area contributed by atoms with Crippen molar-refractivity contribution in [3.8, 4) is 74.3 Å². The highest BCUT2D eigenvalue weighted by molar-refractivity contribution is 6.42. The fraction of sp³-hybridized carbons (Fsp3) is 0.395. The average Bonchev–Trinajstić information content (AvgIpc) is 1.71. The van der Waals surface area contributed by atoms with Gasteiger partial charge in [-0.1, -0.05) is 89.3 Å². The second-order valence-electron chi connectivity index (χ2n) is 29.0. The molecule has 6 N–H and O–H groups in total. The van der Waals surface area contributed by atoms with Crippen LogP contribution >= 0.6 is 69.6 Å². The molecule has 0 bridgehead atoms. The molecule has 12 heterocycles. The Morgan fingerprint density at radius 3 is 1.07 bits per heavy atom. The smallest absolute Gasteiger partial charge is 0.266 e. The van der Waals surface area contributed by atoms with Crippen LogP contribution in [0.5, 0.6) is 34.5 Å². The van der Waals surface area contributed by atoms with Crippen LogP contribution in [0.4, 0.5) is 44.1 Å². The van der Waals surface area contributed by atoms with Crippen LogP contribution in [0, 0.1) is 17.2 Å². The van der Waals surface area contributed by atoms with Crippen LogP contribution in [0.25, 0.3) is 66.5 Å². The maximum Gasteiger partial charge on any atom is 0.266 e. The number of amides is 3. The minimum atomic E-state index is -2.88. The minimum absolute atomic E-state index is 0.0698. The lowest BCUT2D eigenvalue weighted by atomic mass is 10.1. The van der Waals surface area contributed by atoms with E-state index in [0.717, 1.165) is 11.8 Å². The van der Waals surface area contributed by atoms with Crippen LogP contribution < -0.4 is 75.0 Å². The number of alkyl halides is 2. The number of nitriles is 1. The Hall–Kier alpha value is -10.7. The first-order valence-electron chi connectivity index (χ1n) is 37.9. The number of nitrogens with zero attached hydrogens (tertiary/aromatic N) is 13. The number of carbonyl (C=O) groups is 3. The molecule has 0 saturated carbocycles. The largest absolute Gasteiger partial charge is 0.495 e. The highest BCUT2D eigenvalue weighted by Crippen LogP contribution is 2.51. The van der Waals surface area contributed by atoms with Crippen molar-refractivity contribution in [3.05, 3.63) is 123 Å². The fourth-order valence-corrected chi connectivity index (χ4v) is 16.7. The van der Waals surface area contributed by atoms with Crippen molar-refractivity contribution in [1.82, 2.24) is 60.8 Å². The van der Waals surface area contributed by atoms with E-state index in [4.69, 9.17) is 142 Å². The van der Waals surface area contributed by atoms with Crippen molar-refractivity contribution in [2.45, 2.75) is 74.0 Å². The molecule has 6 aliphatic heterocycles. The number of ether oxygens (including phenoxy) is 10. The summed E-state index contributed by atoms with van der Waals surface area (Å²) < 4.78 is 83.7. The predicted octanol–water partition coefficient (Wildman–Crippen LogP) is 12.3. The first-order chi connectivity index (χ1) is 58.2. The van der Waals surface area contributed by atoms with Crippen molar-refractivity contribution in [2.24, 2.45) is 5.92 Å². The molecule has 121 heavy (non-hydrogen) atoms. The van der Waals surface area contributed by atoms with Gasteiger partial charge >= 0.3 is 0 Å². The van der Waals surface area contributed by atoms with E-state index in [1.165, 1.54) is 65.8 Å². The van der Waals surface area contributed by atoms with Crippen molar-refractivity contribution in [3.63, 3.8) is 0 Å². The molecule has 6 fully saturated rings. The van der Waals surface area contributed by atoms with E-state index in [2.05, 4.69) is 89.5 Å². The number of rotatable bonds is 25. The molecule has 3 amide bonds. The van der Waals surface area contributed by atoms with Crippen LogP contribution in [-0.2, 0) is 33.3 Å². The maximum atomic E-state index is 14.3. The number of halogens is 8. The van der Waals surface area contributed by atoms with E-state index in [-0.39, 0.29) is 110 Å². The number of methoxy groups -OCH3 is 7. The normalized spacial score (nSPS) is 20.8. The molecule has 6 saturated heterocycles. The zero-order valence-corrected chi connectivity index (χ0v) is 71.4. The number of carbonyl (C=O) groups excluding carboxylic acids is 3. The van der Waals surface area contributed by atoms with Gasteiger partial charge in [-0.2, -0.15) is 5.26 Å². The number of benzene rings is 3. The quantitative estimate of drug-likeness (QED) is 0.0289. The number of fused-ring (bicyclic) bond motifs is 3. The van der Waals surface area contributed by atoms with Crippen LogP contribution in [0.1, 0.15) is 26.2 Å². The van der Waals surface area contributed by atoms with E-state index in [0.29, 0.717) is 201 Å². The third kappa shape index (κ3) is 19.2. The van der Waals surface area contributed by atoms with E-state index in [1.807, 2.05) is 11.0 Å². The van der Waals surface area contributed by atoms with E-state index in [1.54, 1.807) is 56.0 Å². The van der Waals surface area contributed by atoms with Gasteiger partial charge < -0.3 is 94.0 Å². The highest BCUT2D eigenvalue weighted by atomic mass is 35.5. The number of anilines is 6. The monoisotopic (exact) mass is 1780 g/mol. The second-order valence-corrected chi connectivity index (χ2v) is 31.2. The molecule has 638 valence electrons. The number of nitrogens with one attached hydrogen (secondary N) is 6. The molecule has 0 aliphatic carbocycles. The van der Waals surface area contributed by atoms with Crippen LogP contribution in [-0.4, -0.2) is 239 Å². The topological polar surface area (TPSA) is 365 Å². The van der Waals surface area contributed by atoms with Gasteiger partial charge in [0.1, 0.15) is 51.0 Å². The van der Waals surface area contributed by atoms with Crippen LogP contribution in [0.15, 0.2) is 93.0 Å². The minimum Gasteiger partial charge on any atom is -0.495 e. The number of hydrogen-bond acceptors (Lipinski definition) is 29. The Bertz CT molecular complexity index is 5450. The molecule has 15 rings (SSSR count). The molecule has 2 unspecified atom stereocenters. The molecule has 0 radical (unpaired) electrons. The summed E-state index contributed by atoms with van der Waals surface area (Å²) in [6.45, 7) is 16.6. The van der Waals surface area contributed by atoms with Crippen molar-refractivity contribution in [2.75, 3.05) is 159 Å². The fourth-order valence-electron chi connectivity index (χ4n) is 14.6. The lowest BCUT2D eigenvalue weighted by Crippen LogP contribution is -2.45. The van der Waals surface area contributed by atoms with Gasteiger partial charge in [0, 0.05) is 116 Å². The number of aromatic nitrogens is 9. The molecule has 0 spiro atoms.